The molecule has 7 heteroatoms. The molecule has 1 rings (SSSR count). The molecule has 0 aliphatic heterocycles. The average molecular weight is 288 g/mol. The molecule has 0 aliphatic carbocycles. The lowest BCUT2D eigenvalue weighted by Crippen LogP contribution is -2.39. The van der Waals surface area contributed by atoms with Crippen LogP contribution < -0.4 is 20.5 Å². The fourth-order valence-electron chi connectivity index (χ4n) is 1.55. The molecule has 0 spiro atoms. The second-order valence-corrected chi connectivity index (χ2v) is 4.19. The van der Waals surface area contributed by atoms with Crippen molar-refractivity contribution in [1.29, 1.82) is 0 Å². The van der Waals surface area contributed by atoms with Crippen molar-refractivity contribution in [2.45, 2.75) is 26.0 Å². The van der Waals surface area contributed by atoms with Gasteiger partial charge in [-0.15, -0.1) is 0 Å². The molecule has 5 nitrogen and oxygen atoms in total. The SMILES string of the molecule is COc1cc(CCNC(=O)C(C)N)ccc1OC(F)F. The molecule has 112 valence electrons. The van der Waals surface area contributed by atoms with Crippen LogP contribution in [0.25, 0.3) is 0 Å². The molecule has 3 N–H and O–H groups in total. The van der Waals surface area contributed by atoms with Gasteiger partial charge in [0.1, 0.15) is 0 Å². The van der Waals surface area contributed by atoms with Crippen molar-refractivity contribution in [3.8, 4) is 11.5 Å². The standard InChI is InChI=1S/C13H18F2N2O3/c1-8(16)12(18)17-6-5-9-3-4-10(20-13(14)15)11(7-9)19-2/h3-4,7-8,13H,5-6,16H2,1-2H3,(H,17,18). The van der Waals surface area contributed by atoms with Gasteiger partial charge in [-0.05, 0) is 31.0 Å². The van der Waals surface area contributed by atoms with Gasteiger partial charge in [0, 0.05) is 6.54 Å². The molecule has 0 fully saturated rings. The van der Waals surface area contributed by atoms with E-state index in [1.807, 2.05) is 0 Å². The predicted molar refractivity (Wildman–Crippen MR) is 70.0 cm³/mol. The average Bonchev–Trinajstić information content (AvgIpc) is 2.39. The summed E-state index contributed by atoms with van der Waals surface area (Å²) in [6.07, 6.45) is 0.532. The van der Waals surface area contributed by atoms with Gasteiger partial charge < -0.3 is 20.5 Å². The molecule has 1 aromatic rings. The molecule has 0 saturated carbocycles. The smallest absolute Gasteiger partial charge is 0.387 e. The molecule has 0 aliphatic rings. The molecule has 0 aromatic heterocycles. The molecule has 0 heterocycles. The number of hydrogen-bond donors (Lipinski definition) is 2. The van der Waals surface area contributed by atoms with Crippen molar-refractivity contribution in [2.75, 3.05) is 13.7 Å². The number of alkyl halides is 2. The van der Waals surface area contributed by atoms with Crippen LogP contribution in [0.2, 0.25) is 0 Å². The third kappa shape index (κ3) is 5.00. The van der Waals surface area contributed by atoms with E-state index in [-0.39, 0.29) is 17.4 Å². The summed E-state index contributed by atoms with van der Waals surface area (Å²) in [4.78, 5) is 11.3. The van der Waals surface area contributed by atoms with E-state index in [9.17, 15) is 13.6 Å². The minimum absolute atomic E-state index is 0.0223. The number of benzene rings is 1. The van der Waals surface area contributed by atoms with Gasteiger partial charge >= 0.3 is 6.61 Å². The molecule has 20 heavy (non-hydrogen) atoms. The molecule has 1 atom stereocenters. The molecule has 1 aromatic carbocycles. The van der Waals surface area contributed by atoms with Crippen LogP contribution >= 0.6 is 0 Å². The van der Waals surface area contributed by atoms with Gasteiger partial charge in [-0.3, -0.25) is 4.79 Å². The van der Waals surface area contributed by atoms with E-state index in [0.29, 0.717) is 13.0 Å². The molecular weight excluding hydrogens is 270 g/mol. The first-order chi connectivity index (χ1) is 9.43. The number of carbonyl (C=O) groups excluding carboxylic acids is 1. The van der Waals surface area contributed by atoms with E-state index >= 15 is 0 Å². The van der Waals surface area contributed by atoms with Gasteiger partial charge in [-0.25, -0.2) is 0 Å². The Labute approximate surface area is 116 Å². The Morgan fingerprint density at radius 3 is 2.65 bits per heavy atom. The Balaban J connectivity index is 2.61. The molecule has 1 amide bonds. The minimum Gasteiger partial charge on any atom is -0.493 e. The first-order valence-corrected chi connectivity index (χ1v) is 6.09. The van der Waals surface area contributed by atoms with Crippen LogP contribution in [-0.2, 0) is 11.2 Å². The Morgan fingerprint density at radius 2 is 2.10 bits per heavy atom. The van der Waals surface area contributed by atoms with Crippen LogP contribution in [0.3, 0.4) is 0 Å². The highest BCUT2D eigenvalue weighted by Crippen LogP contribution is 2.29. The van der Waals surface area contributed by atoms with Crippen LogP contribution in [0.4, 0.5) is 8.78 Å². The molecule has 0 radical (unpaired) electrons. The molecule has 0 saturated heterocycles. The van der Waals surface area contributed by atoms with Crippen molar-refractivity contribution in [1.82, 2.24) is 5.32 Å². The second-order valence-electron chi connectivity index (χ2n) is 4.19. The summed E-state index contributed by atoms with van der Waals surface area (Å²) >= 11 is 0. The van der Waals surface area contributed by atoms with Gasteiger partial charge in [0.05, 0.1) is 13.2 Å². The summed E-state index contributed by atoms with van der Waals surface area (Å²) in [6.45, 7) is -0.909. The van der Waals surface area contributed by atoms with Crippen molar-refractivity contribution in [3.63, 3.8) is 0 Å². The highest BCUT2D eigenvalue weighted by molar-refractivity contribution is 5.80. The number of methoxy groups -OCH3 is 1. The van der Waals surface area contributed by atoms with Crippen molar-refractivity contribution in [3.05, 3.63) is 23.8 Å². The summed E-state index contributed by atoms with van der Waals surface area (Å²) in [6, 6.07) is 4.08. The second kappa shape index (κ2) is 7.64. The van der Waals surface area contributed by atoms with Crippen LogP contribution in [0, 0.1) is 0 Å². The fraction of sp³-hybridized carbons (Fsp3) is 0.462. The van der Waals surface area contributed by atoms with Crippen molar-refractivity contribution < 1.29 is 23.0 Å². The van der Waals surface area contributed by atoms with Crippen LogP contribution in [-0.4, -0.2) is 32.2 Å². The van der Waals surface area contributed by atoms with Crippen LogP contribution in [0.15, 0.2) is 18.2 Å². The van der Waals surface area contributed by atoms with Gasteiger partial charge in [-0.2, -0.15) is 8.78 Å². The summed E-state index contributed by atoms with van der Waals surface area (Å²) in [7, 11) is 1.37. The summed E-state index contributed by atoms with van der Waals surface area (Å²) in [5, 5.41) is 2.66. The molecule has 0 bridgehead atoms. The lowest BCUT2D eigenvalue weighted by Gasteiger charge is -2.12. The van der Waals surface area contributed by atoms with E-state index in [1.54, 1.807) is 19.1 Å². The number of nitrogens with two attached hydrogens (primary N) is 1. The van der Waals surface area contributed by atoms with E-state index in [0.717, 1.165) is 5.56 Å². The topological polar surface area (TPSA) is 73.6 Å². The van der Waals surface area contributed by atoms with Gasteiger partial charge in [-0.1, -0.05) is 6.07 Å². The quantitative estimate of drug-likeness (QED) is 0.793. The number of halogens is 2. The van der Waals surface area contributed by atoms with Crippen molar-refractivity contribution in [2.24, 2.45) is 5.73 Å². The van der Waals surface area contributed by atoms with Crippen LogP contribution in [0.5, 0.6) is 11.5 Å². The third-order valence-corrected chi connectivity index (χ3v) is 2.57. The highest BCUT2D eigenvalue weighted by atomic mass is 19.3. The van der Waals surface area contributed by atoms with Gasteiger partial charge in [0.15, 0.2) is 11.5 Å². The van der Waals surface area contributed by atoms with Gasteiger partial charge in [0.2, 0.25) is 5.91 Å². The Morgan fingerprint density at radius 1 is 1.40 bits per heavy atom. The molecule has 1 unspecified atom stereocenters. The normalized spacial score (nSPS) is 12.1. The van der Waals surface area contributed by atoms with Gasteiger partial charge in [0.25, 0.3) is 0 Å². The van der Waals surface area contributed by atoms with E-state index in [2.05, 4.69) is 10.1 Å². The Hall–Kier alpha value is -1.89. The molecular formula is C13H18F2N2O3. The fourth-order valence-corrected chi connectivity index (χ4v) is 1.55. The number of nitrogens with one attached hydrogen (secondary N) is 1. The minimum atomic E-state index is -2.90. The first-order valence-electron chi connectivity index (χ1n) is 6.09. The lowest BCUT2D eigenvalue weighted by molar-refractivity contribution is -0.121. The number of ether oxygens (including phenoxy) is 2. The van der Waals surface area contributed by atoms with E-state index in [1.165, 1.54) is 13.2 Å². The monoisotopic (exact) mass is 288 g/mol. The maximum absolute atomic E-state index is 12.2. The number of amides is 1. The Bertz CT molecular complexity index is 453. The lowest BCUT2D eigenvalue weighted by atomic mass is 10.1. The first kappa shape index (κ1) is 16.2. The van der Waals surface area contributed by atoms with Crippen LogP contribution in [0.1, 0.15) is 12.5 Å². The zero-order valence-corrected chi connectivity index (χ0v) is 11.4. The van der Waals surface area contributed by atoms with E-state index < -0.39 is 12.7 Å². The Kier molecular flexibility index (Phi) is 6.17. The third-order valence-electron chi connectivity index (χ3n) is 2.57. The number of rotatable bonds is 7. The number of hydrogen-bond acceptors (Lipinski definition) is 4. The van der Waals surface area contributed by atoms with E-state index in [4.69, 9.17) is 10.5 Å². The zero-order chi connectivity index (χ0) is 15.1. The maximum atomic E-state index is 12.2. The summed E-state index contributed by atoms with van der Waals surface area (Å²) in [5.41, 5.74) is 6.23. The summed E-state index contributed by atoms with van der Waals surface area (Å²) < 4.78 is 33.6. The summed E-state index contributed by atoms with van der Waals surface area (Å²) in [5.74, 6) is -0.0400. The largest absolute Gasteiger partial charge is 0.493 e. The highest BCUT2D eigenvalue weighted by Gasteiger charge is 2.11. The van der Waals surface area contributed by atoms with Crippen molar-refractivity contribution >= 4 is 5.91 Å². The predicted octanol–water partition coefficient (Wildman–Crippen LogP) is 1.30. The zero-order valence-electron chi connectivity index (χ0n) is 11.4. The number of carbonyl (C=O) groups is 1. The maximum Gasteiger partial charge on any atom is 0.387 e.